The van der Waals surface area contributed by atoms with Crippen LogP contribution in [-0.2, 0) is 4.74 Å². The van der Waals surface area contributed by atoms with Crippen LogP contribution in [-0.4, -0.2) is 37.2 Å². The van der Waals surface area contributed by atoms with Gasteiger partial charge in [-0.25, -0.2) is 4.79 Å². The van der Waals surface area contributed by atoms with Gasteiger partial charge in [0.15, 0.2) is 0 Å². The molecule has 74 valence electrons. The maximum Gasteiger partial charge on any atom is 0.409 e. The van der Waals surface area contributed by atoms with Crippen molar-refractivity contribution >= 4 is 6.09 Å². The summed E-state index contributed by atoms with van der Waals surface area (Å²) in [5.41, 5.74) is 7.96. The predicted molar refractivity (Wildman–Crippen MR) is 48.3 cm³/mol. The molecule has 0 aromatic carbocycles. The van der Waals surface area contributed by atoms with Crippen LogP contribution >= 0.6 is 0 Å². The molecule has 1 aliphatic heterocycles. The summed E-state index contributed by atoms with van der Waals surface area (Å²) in [7, 11) is 1.64. The lowest BCUT2D eigenvalue weighted by atomic mass is 10.4. The number of hydrogen-bond donors (Lipinski definition) is 0. The minimum Gasteiger partial charge on any atom is -0.444 e. The summed E-state index contributed by atoms with van der Waals surface area (Å²) in [6.45, 7) is 4.71. The maximum atomic E-state index is 10.7. The fourth-order valence-electron chi connectivity index (χ4n) is 0.872. The molecule has 0 spiro atoms. The smallest absolute Gasteiger partial charge is 0.409 e. The Morgan fingerprint density at radius 3 is 2.77 bits per heavy atom. The first-order valence-electron chi connectivity index (χ1n) is 4.16. The second kappa shape index (κ2) is 6.14. The fourth-order valence-corrected chi connectivity index (χ4v) is 0.872. The van der Waals surface area contributed by atoms with Gasteiger partial charge >= 0.3 is 6.09 Å². The van der Waals surface area contributed by atoms with Crippen LogP contribution < -0.4 is 0 Å². The quantitative estimate of drug-likeness (QED) is 0.374. The summed E-state index contributed by atoms with van der Waals surface area (Å²) in [6.07, 6.45) is -0.633. The number of ether oxygens (including phenoxy) is 1. The summed E-state index contributed by atoms with van der Waals surface area (Å²) in [6, 6.07) is 0. The number of carbonyl (C=O) groups excluding carboxylic acids is 1. The fraction of sp³-hybridized carbons (Fsp3) is 0.857. The Kier molecular flexibility index (Phi) is 5.47. The summed E-state index contributed by atoms with van der Waals surface area (Å²) >= 11 is 0. The highest BCUT2D eigenvalue weighted by Gasteiger charge is 2.27. The van der Waals surface area contributed by atoms with Gasteiger partial charge in [0, 0.05) is 12.0 Å². The van der Waals surface area contributed by atoms with E-state index in [9.17, 15) is 4.79 Å². The van der Waals surface area contributed by atoms with Crippen LogP contribution in [0, 0.1) is 0 Å². The van der Waals surface area contributed by atoms with Gasteiger partial charge in [-0.2, -0.15) is 0 Å². The van der Waals surface area contributed by atoms with Gasteiger partial charge in [-0.05, 0) is 5.53 Å². The molecule has 1 rings (SSSR count). The van der Waals surface area contributed by atoms with Gasteiger partial charge in [0.25, 0.3) is 0 Å². The Morgan fingerprint density at radius 1 is 1.77 bits per heavy atom. The van der Waals surface area contributed by atoms with Crippen molar-refractivity contribution in [3.63, 3.8) is 0 Å². The van der Waals surface area contributed by atoms with Crippen molar-refractivity contribution in [3.05, 3.63) is 10.4 Å². The molecule has 13 heavy (non-hydrogen) atoms. The lowest BCUT2D eigenvalue weighted by Gasteiger charge is -2.01. The van der Waals surface area contributed by atoms with Crippen LogP contribution in [0.4, 0.5) is 4.79 Å². The number of carbonyl (C=O) groups is 1. The van der Waals surface area contributed by atoms with Gasteiger partial charge < -0.3 is 9.64 Å². The van der Waals surface area contributed by atoms with E-state index in [-0.39, 0.29) is 18.7 Å². The first-order chi connectivity index (χ1) is 6.24. The van der Waals surface area contributed by atoms with E-state index < -0.39 is 0 Å². The molecule has 1 heterocycles. The molecule has 1 saturated heterocycles. The van der Waals surface area contributed by atoms with E-state index >= 15 is 0 Å². The highest BCUT2D eigenvalue weighted by Crippen LogP contribution is 2.08. The SMILES string of the molecule is CC.CN1C[C@H](CN=[N+]=[N-])OC1=O. The average molecular weight is 186 g/mol. The van der Waals surface area contributed by atoms with Crippen molar-refractivity contribution in [2.75, 3.05) is 20.1 Å². The predicted octanol–water partition coefficient (Wildman–Crippen LogP) is 1.77. The lowest BCUT2D eigenvalue weighted by Crippen LogP contribution is -2.20. The van der Waals surface area contributed by atoms with E-state index in [1.807, 2.05) is 13.8 Å². The molecule has 1 fully saturated rings. The summed E-state index contributed by atoms with van der Waals surface area (Å²) in [4.78, 5) is 14.7. The van der Waals surface area contributed by atoms with Crippen LogP contribution in [0.1, 0.15) is 13.8 Å². The third kappa shape index (κ3) is 3.66. The second-order valence-electron chi connectivity index (χ2n) is 2.30. The van der Waals surface area contributed by atoms with E-state index in [1.54, 1.807) is 7.05 Å². The van der Waals surface area contributed by atoms with Gasteiger partial charge in [0.2, 0.25) is 0 Å². The van der Waals surface area contributed by atoms with E-state index in [4.69, 9.17) is 10.3 Å². The minimum absolute atomic E-state index is 0.215. The number of azide groups is 1. The van der Waals surface area contributed by atoms with Crippen LogP contribution in [0.5, 0.6) is 0 Å². The Bertz CT molecular complexity index is 211. The van der Waals surface area contributed by atoms with Crippen molar-refractivity contribution in [3.8, 4) is 0 Å². The van der Waals surface area contributed by atoms with Crippen molar-refractivity contribution in [2.24, 2.45) is 5.11 Å². The van der Waals surface area contributed by atoms with E-state index in [0.29, 0.717) is 6.54 Å². The maximum absolute atomic E-state index is 10.7. The first kappa shape index (κ1) is 11.6. The van der Waals surface area contributed by atoms with Crippen molar-refractivity contribution < 1.29 is 9.53 Å². The molecule has 6 heteroatoms. The molecule has 1 atom stereocenters. The third-order valence-electron chi connectivity index (χ3n) is 1.41. The van der Waals surface area contributed by atoms with E-state index in [2.05, 4.69) is 10.0 Å². The van der Waals surface area contributed by atoms with Gasteiger partial charge in [0.05, 0.1) is 13.1 Å². The van der Waals surface area contributed by atoms with Gasteiger partial charge in [-0.15, -0.1) is 0 Å². The standard InChI is InChI=1S/C5H8N4O2.C2H6/c1-9-3-4(2-7-8-6)11-5(9)10;1-2/h4H,2-3H2,1H3;1-2H3/t4-;/m0./s1. The molecular weight excluding hydrogens is 172 g/mol. The van der Waals surface area contributed by atoms with Crippen LogP contribution in [0.3, 0.4) is 0 Å². The van der Waals surface area contributed by atoms with Crippen molar-refractivity contribution in [1.82, 2.24) is 4.90 Å². The molecule has 0 bridgehead atoms. The molecule has 0 aromatic rings. The normalized spacial score (nSPS) is 19.8. The largest absolute Gasteiger partial charge is 0.444 e. The van der Waals surface area contributed by atoms with E-state index in [1.165, 1.54) is 4.90 Å². The molecule has 1 aliphatic rings. The highest BCUT2D eigenvalue weighted by molar-refractivity contribution is 5.69. The Morgan fingerprint density at radius 2 is 2.38 bits per heavy atom. The number of likely N-dealkylation sites (N-methyl/N-ethyl adjacent to an activating group) is 1. The molecule has 1 amide bonds. The summed E-state index contributed by atoms with van der Waals surface area (Å²) in [5, 5.41) is 3.30. The molecule has 0 aliphatic carbocycles. The number of amides is 1. The third-order valence-corrected chi connectivity index (χ3v) is 1.41. The molecule has 0 saturated carbocycles. The average Bonchev–Trinajstić information content (AvgIpc) is 2.46. The zero-order chi connectivity index (χ0) is 10.3. The van der Waals surface area contributed by atoms with E-state index in [0.717, 1.165) is 0 Å². The molecular formula is C7H14N4O2. The van der Waals surface area contributed by atoms with Gasteiger partial charge in [-0.3, -0.25) is 0 Å². The van der Waals surface area contributed by atoms with Crippen LogP contribution in [0.2, 0.25) is 0 Å². The van der Waals surface area contributed by atoms with Gasteiger partial charge in [-0.1, -0.05) is 19.0 Å². The zero-order valence-electron chi connectivity index (χ0n) is 8.10. The summed E-state index contributed by atoms with van der Waals surface area (Å²) in [5.74, 6) is 0. The first-order valence-corrected chi connectivity index (χ1v) is 4.16. The second-order valence-corrected chi connectivity index (χ2v) is 2.30. The Labute approximate surface area is 77.1 Å². The molecule has 0 N–H and O–H groups in total. The molecule has 6 nitrogen and oxygen atoms in total. The monoisotopic (exact) mass is 186 g/mol. The van der Waals surface area contributed by atoms with Crippen molar-refractivity contribution in [2.45, 2.75) is 20.0 Å². The minimum atomic E-state index is -0.358. The van der Waals surface area contributed by atoms with Crippen LogP contribution in [0.15, 0.2) is 5.11 Å². The summed E-state index contributed by atoms with van der Waals surface area (Å²) < 4.78 is 4.80. The Balaban J connectivity index is 0.000000671. The molecule has 0 aromatic heterocycles. The number of rotatable bonds is 2. The Hall–Kier alpha value is -1.42. The van der Waals surface area contributed by atoms with Crippen LogP contribution in [0.25, 0.3) is 10.4 Å². The molecule has 0 radical (unpaired) electrons. The number of nitrogens with zero attached hydrogens (tertiary/aromatic N) is 4. The van der Waals surface area contributed by atoms with Gasteiger partial charge in [0.1, 0.15) is 6.10 Å². The number of cyclic esters (lactones) is 1. The zero-order valence-corrected chi connectivity index (χ0v) is 8.10. The highest BCUT2D eigenvalue weighted by atomic mass is 16.6. The topological polar surface area (TPSA) is 78.3 Å². The van der Waals surface area contributed by atoms with Crippen molar-refractivity contribution in [1.29, 1.82) is 0 Å². The number of hydrogen-bond acceptors (Lipinski definition) is 3. The molecule has 0 unspecified atom stereocenters. The lowest BCUT2D eigenvalue weighted by molar-refractivity contribution is 0.137.